The molecule has 114 valence electrons. The largest absolute Gasteiger partial charge is 0.368 e. The number of pyridine rings is 1. The van der Waals surface area contributed by atoms with Gasteiger partial charge in [0.15, 0.2) is 11.3 Å². The van der Waals surface area contributed by atoms with Crippen LogP contribution in [0.25, 0.3) is 11.0 Å². The van der Waals surface area contributed by atoms with Crippen LogP contribution in [-0.4, -0.2) is 26.5 Å². The van der Waals surface area contributed by atoms with E-state index in [4.69, 9.17) is 0 Å². The Morgan fingerprint density at radius 2 is 1.95 bits per heavy atom. The molecule has 2 aromatic heterocycles. The third-order valence-corrected chi connectivity index (χ3v) is 3.35. The molecule has 0 amide bonds. The van der Waals surface area contributed by atoms with Crippen LogP contribution in [0.2, 0.25) is 0 Å². The Morgan fingerprint density at radius 3 is 2.68 bits per heavy atom. The van der Waals surface area contributed by atoms with E-state index in [1.54, 1.807) is 12.3 Å². The highest BCUT2D eigenvalue weighted by Gasteiger charge is 2.14. The van der Waals surface area contributed by atoms with E-state index in [-0.39, 0.29) is 12.1 Å². The lowest BCUT2D eigenvalue weighted by atomic mass is 10.2. The molecule has 3 aromatic rings. The summed E-state index contributed by atoms with van der Waals surface area (Å²) in [5.74, 6) is -0.566. The predicted molar refractivity (Wildman–Crippen MR) is 79.6 cm³/mol. The van der Waals surface area contributed by atoms with Crippen molar-refractivity contribution in [2.45, 2.75) is 19.9 Å². The molecule has 0 aliphatic heterocycles. The van der Waals surface area contributed by atoms with Crippen molar-refractivity contribution in [3.8, 4) is 0 Å². The fourth-order valence-corrected chi connectivity index (χ4v) is 2.22. The minimum Gasteiger partial charge on any atom is -0.368 e. The first-order valence-corrected chi connectivity index (χ1v) is 7.05. The Balaban J connectivity index is 1.99. The van der Waals surface area contributed by atoms with Crippen LogP contribution in [0.3, 0.4) is 0 Å². The van der Waals surface area contributed by atoms with Crippen LogP contribution in [0.1, 0.15) is 18.9 Å². The topological polar surface area (TPSA) is 55.6 Å². The Bertz CT molecular complexity index is 779. The number of halogens is 2. The van der Waals surface area contributed by atoms with Crippen molar-refractivity contribution < 1.29 is 8.78 Å². The molecule has 2 heterocycles. The van der Waals surface area contributed by atoms with E-state index in [9.17, 15) is 8.78 Å². The molecule has 7 heteroatoms. The molecule has 0 aliphatic carbocycles. The molecular weight excluding hydrogens is 288 g/mol. The van der Waals surface area contributed by atoms with Crippen molar-refractivity contribution in [2.24, 2.45) is 0 Å². The molecule has 0 fully saturated rings. The lowest BCUT2D eigenvalue weighted by Gasteiger charge is -2.06. The van der Waals surface area contributed by atoms with Crippen LogP contribution in [-0.2, 0) is 6.54 Å². The maximum atomic E-state index is 13.8. The summed E-state index contributed by atoms with van der Waals surface area (Å²) < 4.78 is 29.0. The number of hydrogen-bond acceptors (Lipinski definition) is 4. The summed E-state index contributed by atoms with van der Waals surface area (Å²) in [4.78, 5) is 4.22. The zero-order valence-corrected chi connectivity index (χ0v) is 12.1. The van der Waals surface area contributed by atoms with Gasteiger partial charge in [-0.15, -0.1) is 5.10 Å². The summed E-state index contributed by atoms with van der Waals surface area (Å²) in [5.41, 5.74) is 1.23. The highest BCUT2D eigenvalue weighted by Crippen LogP contribution is 2.20. The van der Waals surface area contributed by atoms with Gasteiger partial charge in [-0.3, -0.25) is 0 Å². The van der Waals surface area contributed by atoms with Gasteiger partial charge in [-0.2, -0.15) is 0 Å². The van der Waals surface area contributed by atoms with E-state index in [0.29, 0.717) is 16.9 Å². The van der Waals surface area contributed by atoms with E-state index >= 15 is 0 Å². The van der Waals surface area contributed by atoms with E-state index in [0.717, 1.165) is 13.0 Å². The number of nitrogens with zero attached hydrogens (tertiary/aromatic N) is 4. The standard InChI is InChI=1S/C15H15F2N5/c1-2-7-18-15-14-13(6-8-19-15)22(21-20-14)9-10-11(16)4-3-5-12(10)17/h3-6,8H,2,7,9H2,1H3,(H,18,19). The third-order valence-electron chi connectivity index (χ3n) is 3.35. The average molecular weight is 303 g/mol. The highest BCUT2D eigenvalue weighted by atomic mass is 19.1. The molecule has 5 nitrogen and oxygen atoms in total. The van der Waals surface area contributed by atoms with Crippen LogP contribution in [0.15, 0.2) is 30.5 Å². The first-order valence-electron chi connectivity index (χ1n) is 7.05. The molecule has 0 saturated carbocycles. The van der Waals surface area contributed by atoms with Crippen LogP contribution in [0, 0.1) is 11.6 Å². The van der Waals surface area contributed by atoms with Gasteiger partial charge in [0.05, 0.1) is 12.1 Å². The number of rotatable bonds is 5. The summed E-state index contributed by atoms with van der Waals surface area (Å²) in [7, 11) is 0. The van der Waals surface area contributed by atoms with Gasteiger partial charge in [-0.25, -0.2) is 18.4 Å². The molecule has 1 N–H and O–H groups in total. The molecule has 0 saturated heterocycles. The van der Waals surface area contributed by atoms with Crippen molar-refractivity contribution in [3.05, 3.63) is 47.7 Å². The number of aromatic nitrogens is 4. The Labute approximate surface area is 126 Å². The van der Waals surface area contributed by atoms with E-state index in [1.807, 2.05) is 6.92 Å². The van der Waals surface area contributed by atoms with Gasteiger partial charge in [0.25, 0.3) is 0 Å². The molecule has 0 spiro atoms. The Hall–Kier alpha value is -2.57. The van der Waals surface area contributed by atoms with Crippen LogP contribution in [0.4, 0.5) is 14.6 Å². The zero-order chi connectivity index (χ0) is 15.5. The van der Waals surface area contributed by atoms with Gasteiger partial charge in [0, 0.05) is 18.3 Å². The number of hydrogen-bond donors (Lipinski definition) is 1. The van der Waals surface area contributed by atoms with Crippen LogP contribution < -0.4 is 5.32 Å². The lowest BCUT2D eigenvalue weighted by molar-refractivity contribution is 0.532. The minimum absolute atomic E-state index is 0.0216. The fraction of sp³-hybridized carbons (Fsp3) is 0.267. The van der Waals surface area contributed by atoms with Crippen LogP contribution >= 0.6 is 0 Å². The van der Waals surface area contributed by atoms with Crippen molar-refractivity contribution >= 4 is 16.9 Å². The monoisotopic (exact) mass is 303 g/mol. The number of benzene rings is 1. The fourth-order valence-electron chi connectivity index (χ4n) is 2.22. The van der Waals surface area contributed by atoms with E-state index in [2.05, 4.69) is 20.6 Å². The Kier molecular flexibility index (Phi) is 3.95. The van der Waals surface area contributed by atoms with Gasteiger partial charge >= 0.3 is 0 Å². The summed E-state index contributed by atoms with van der Waals surface area (Å²) in [6.45, 7) is 2.79. The second kappa shape index (κ2) is 6.05. The van der Waals surface area contributed by atoms with E-state index in [1.165, 1.54) is 22.9 Å². The normalized spacial score (nSPS) is 11.0. The van der Waals surface area contributed by atoms with Crippen molar-refractivity contribution in [3.63, 3.8) is 0 Å². The second-order valence-electron chi connectivity index (χ2n) is 4.90. The molecule has 0 unspecified atom stereocenters. The summed E-state index contributed by atoms with van der Waals surface area (Å²) in [6.07, 6.45) is 2.57. The molecule has 0 radical (unpaired) electrons. The first kappa shape index (κ1) is 14.4. The number of anilines is 1. The molecule has 22 heavy (non-hydrogen) atoms. The quantitative estimate of drug-likeness (QED) is 0.787. The average Bonchev–Trinajstić information content (AvgIpc) is 2.93. The Morgan fingerprint density at radius 1 is 1.18 bits per heavy atom. The molecule has 0 atom stereocenters. The second-order valence-corrected chi connectivity index (χ2v) is 4.90. The SMILES string of the molecule is CCCNc1nccc2c1nnn2Cc1c(F)cccc1F. The number of nitrogens with one attached hydrogen (secondary N) is 1. The van der Waals surface area contributed by atoms with Crippen LogP contribution in [0.5, 0.6) is 0 Å². The first-order chi connectivity index (χ1) is 10.7. The summed E-state index contributed by atoms with van der Waals surface area (Å²) in [5, 5.41) is 11.2. The molecule has 0 aliphatic rings. The summed E-state index contributed by atoms with van der Waals surface area (Å²) in [6, 6.07) is 5.52. The predicted octanol–water partition coefficient (Wildman–Crippen LogP) is 2.97. The maximum absolute atomic E-state index is 13.8. The summed E-state index contributed by atoms with van der Waals surface area (Å²) >= 11 is 0. The van der Waals surface area contributed by atoms with Crippen molar-refractivity contribution in [1.82, 2.24) is 20.0 Å². The van der Waals surface area contributed by atoms with Crippen molar-refractivity contribution in [1.29, 1.82) is 0 Å². The highest BCUT2D eigenvalue weighted by molar-refractivity contribution is 5.85. The smallest absolute Gasteiger partial charge is 0.156 e. The van der Waals surface area contributed by atoms with E-state index < -0.39 is 11.6 Å². The molecular formula is C15H15F2N5. The third kappa shape index (κ3) is 2.61. The lowest BCUT2D eigenvalue weighted by Crippen LogP contribution is -2.06. The maximum Gasteiger partial charge on any atom is 0.156 e. The van der Waals surface area contributed by atoms with Gasteiger partial charge < -0.3 is 5.32 Å². The van der Waals surface area contributed by atoms with Gasteiger partial charge in [0.2, 0.25) is 0 Å². The van der Waals surface area contributed by atoms with Gasteiger partial charge in [0.1, 0.15) is 11.6 Å². The minimum atomic E-state index is -0.595. The van der Waals surface area contributed by atoms with Gasteiger partial charge in [-0.1, -0.05) is 18.2 Å². The van der Waals surface area contributed by atoms with Gasteiger partial charge in [-0.05, 0) is 24.6 Å². The number of fused-ring (bicyclic) bond motifs is 1. The molecule has 3 rings (SSSR count). The molecule has 0 bridgehead atoms. The zero-order valence-electron chi connectivity index (χ0n) is 12.1. The molecule has 1 aromatic carbocycles. The van der Waals surface area contributed by atoms with Crippen molar-refractivity contribution in [2.75, 3.05) is 11.9 Å².